The molecule has 0 saturated heterocycles. The standard InChI is InChI=1S/C26H37BrClN3O4Si/c1-25(2,3)35-24(33)31(14-15-34-36(7,8)26(4,5)6)17-18-12-13-21(29-16-18)23(32)30-20-11-9-10-19(27)22(20)28/h9-13,16H,14-15,17H2,1-8H3,(H,30,32). The van der Waals surface area contributed by atoms with Crippen LogP contribution in [0.3, 0.4) is 0 Å². The Morgan fingerprint density at radius 2 is 1.78 bits per heavy atom. The maximum absolute atomic E-state index is 12.9. The van der Waals surface area contributed by atoms with Crippen molar-refractivity contribution in [2.45, 2.75) is 71.8 Å². The second kappa shape index (κ2) is 12.1. The van der Waals surface area contributed by atoms with Gasteiger partial charge in [-0.25, -0.2) is 4.79 Å². The highest BCUT2D eigenvalue weighted by molar-refractivity contribution is 9.10. The number of pyridine rings is 1. The summed E-state index contributed by atoms with van der Waals surface area (Å²) in [5, 5.41) is 3.25. The van der Waals surface area contributed by atoms with Crippen LogP contribution in [0.5, 0.6) is 0 Å². The summed E-state index contributed by atoms with van der Waals surface area (Å²) in [5.41, 5.74) is 0.869. The van der Waals surface area contributed by atoms with Crippen LogP contribution in [-0.2, 0) is 15.7 Å². The topological polar surface area (TPSA) is 80.8 Å². The van der Waals surface area contributed by atoms with Crippen LogP contribution in [0.25, 0.3) is 0 Å². The minimum absolute atomic E-state index is 0.0735. The fourth-order valence-corrected chi connectivity index (χ4v) is 4.42. The molecule has 0 aliphatic heterocycles. The van der Waals surface area contributed by atoms with E-state index in [1.54, 1.807) is 41.4 Å². The SMILES string of the molecule is CC(C)(C)OC(=O)N(CCO[Si](C)(C)C(C)(C)C)Cc1ccc(C(=O)Nc2cccc(Br)c2Cl)nc1. The molecule has 36 heavy (non-hydrogen) atoms. The van der Waals surface area contributed by atoms with E-state index >= 15 is 0 Å². The van der Waals surface area contributed by atoms with E-state index in [4.69, 9.17) is 20.8 Å². The molecule has 0 spiro atoms. The molecule has 0 saturated carbocycles. The van der Waals surface area contributed by atoms with Crippen LogP contribution >= 0.6 is 27.5 Å². The summed E-state index contributed by atoms with van der Waals surface area (Å²) < 4.78 is 12.6. The highest BCUT2D eigenvalue weighted by Crippen LogP contribution is 2.36. The van der Waals surface area contributed by atoms with Crippen LogP contribution in [0.15, 0.2) is 41.0 Å². The number of ether oxygens (including phenoxy) is 1. The Morgan fingerprint density at radius 3 is 2.33 bits per heavy atom. The molecule has 0 bridgehead atoms. The van der Waals surface area contributed by atoms with E-state index < -0.39 is 20.0 Å². The first-order valence-corrected chi connectivity index (χ1v) is 15.9. The zero-order valence-electron chi connectivity index (χ0n) is 22.4. The van der Waals surface area contributed by atoms with E-state index in [2.05, 4.69) is 60.1 Å². The summed E-state index contributed by atoms with van der Waals surface area (Å²) in [7, 11) is -1.95. The second-order valence-corrected chi connectivity index (χ2v) is 17.2. The third-order valence-electron chi connectivity index (χ3n) is 5.91. The number of benzene rings is 1. The predicted molar refractivity (Wildman–Crippen MR) is 151 cm³/mol. The number of carbonyl (C=O) groups is 2. The van der Waals surface area contributed by atoms with Gasteiger partial charge in [-0.15, -0.1) is 0 Å². The lowest BCUT2D eigenvalue weighted by molar-refractivity contribution is 0.0205. The number of carbonyl (C=O) groups excluding carboxylic acids is 2. The predicted octanol–water partition coefficient (Wildman–Crippen LogP) is 7.51. The third kappa shape index (κ3) is 8.87. The molecule has 0 aliphatic rings. The van der Waals surface area contributed by atoms with Crippen LogP contribution in [0.2, 0.25) is 23.2 Å². The van der Waals surface area contributed by atoms with E-state index in [9.17, 15) is 9.59 Å². The number of anilines is 1. The van der Waals surface area contributed by atoms with Crippen molar-refractivity contribution in [3.8, 4) is 0 Å². The summed E-state index contributed by atoms with van der Waals surface area (Å²) >= 11 is 9.58. The molecule has 0 aliphatic carbocycles. The highest BCUT2D eigenvalue weighted by Gasteiger charge is 2.37. The van der Waals surface area contributed by atoms with Crippen LogP contribution in [0.4, 0.5) is 10.5 Å². The molecule has 198 valence electrons. The molecule has 1 aromatic heterocycles. The first kappa shape index (κ1) is 30.3. The maximum Gasteiger partial charge on any atom is 0.410 e. The molecule has 10 heteroatoms. The molecule has 2 amide bonds. The third-order valence-corrected chi connectivity index (χ3v) is 11.7. The maximum atomic E-state index is 12.9. The van der Waals surface area contributed by atoms with Gasteiger partial charge in [0.05, 0.1) is 23.9 Å². The Hall–Kier alpha value is -1.94. The van der Waals surface area contributed by atoms with Crippen molar-refractivity contribution < 1.29 is 18.8 Å². The highest BCUT2D eigenvalue weighted by atomic mass is 79.9. The largest absolute Gasteiger partial charge is 0.444 e. The summed E-state index contributed by atoms with van der Waals surface area (Å²) in [6, 6.07) is 8.68. The van der Waals surface area contributed by atoms with Crippen LogP contribution < -0.4 is 5.32 Å². The van der Waals surface area contributed by atoms with Crippen molar-refractivity contribution in [3.05, 3.63) is 57.3 Å². The number of hydrogen-bond donors (Lipinski definition) is 1. The van der Waals surface area contributed by atoms with Gasteiger partial charge in [-0.3, -0.25) is 9.78 Å². The molecule has 2 aromatic rings. The lowest BCUT2D eigenvalue weighted by atomic mass is 10.2. The quantitative estimate of drug-likeness (QED) is 0.318. The van der Waals surface area contributed by atoms with Gasteiger partial charge in [-0.1, -0.05) is 44.5 Å². The molecule has 2 rings (SSSR count). The molecule has 1 aromatic carbocycles. The number of aromatic nitrogens is 1. The van der Waals surface area contributed by atoms with E-state index in [1.807, 2.05) is 20.8 Å². The minimum atomic E-state index is -1.95. The number of rotatable bonds is 8. The van der Waals surface area contributed by atoms with Gasteiger partial charge in [0.15, 0.2) is 8.32 Å². The Bertz CT molecular complexity index is 1070. The van der Waals surface area contributed by atoms with Crippen LogP contribution in [-0.4, -0.2) is 49.0 Å². The summed E-state index contributed by atoms with van der Waals surface area (Å²) in [4.78, 5) is 31.5. The van der Waals surface area contributed by atoms with E-state index in [0.717, 1.165) is 5.56 Å². The van der Waals surface area contributed by atoms with Gasteiger partial charge in [0.1, 0.15) is 11.3 Å². The lowest BCUT2D eigenvalue weighted by Gasteiger charge is -2.37. The first-order chi connectivity index (χ1) is 16.5. The van der Waals surface area contributed by atoms with Crippen molar-refractivity contribution in [1.29, 1.82) is 0 Å². The first-order valence-electron chi connectivity index (χ1n) is 11.8. The summed E-state index contributed by atoms with van der Waals surface area (Å²) in [6.07, 6.45) is 1.16. The van der Waals surface area contributed by atoms with Gasteiger partial charge in [-0.05, 0) is 78.6 Å². The average molecular weight is 599 g/mol. The van der Waals surface area contributed by atoms with Crippen LogP contribution in [0, 0.1) is 0 Å². The van der Waals surface area contributed by atoms with Crippen molar-refractivity contribution >= 4 is 53.5 Å². The van der Waals surface area contributed by atoms with Gasteiger partial charge in [0, 0.05) is 17.2 Å². The molecule has 0 radical (unpaired) electrons. The van der Waals surface area contributed by atoms with E-state index in [0.29, 0.717) is 28.3 Å². The summed E-state index contributed by atoms with van der Waals surface area (Å²) in [6.45, 7) is 17.5. The summed E-state index contributed by atoms with van der Waals surface area (Å²) in [5.74, 6) is -0.381. The van der Waals surface area contributed by atoms with Gasteiger partial charge >= 0.3 is 6.09 Å². The second-order valence-electron chi connectivity index (χ2n) is 11.1. The van der Waals surface area contributed by atoms with Crippen molar-refractivity contribution in [2.24, 2.45) is 0 Å². The Balaban J connectivity index is 2.11. The van der Waals surface area contributed by atoms with Gasteiger partial charge in [0.25, 0.3) is 5.91 Å². The number of halogens is 2. The van der Waals surface area contributed by atoms with Crippen molar-refractivity contribution in [3.63, 3.8) is 0 Å². The molecule has 0 unspecified atom stereocenters. The van der Waals surface area contributed by atoms with E-state index in [1.165, 1.54) is 0 Å². The molecule has 0 fully saturated rings. The zero-order chi connectivity index (χ0) is 27.3. The molecule has 0 atom stereocenters. The number of amides is 2. The molecular weight excluding hydrogens is 562 g/mol. The smallest absolute Gasteiger partial charge is 0.410 e. The number of nitrogens with zero attached hydrogens (tertiary/aromatic N) is 2. The number of hydrogen-bond acceptors (Lipinski definition) is 5. The Labute approximate surface area is 229 Å². The average Bonchev–Trinajstić information content (AvgIpc) is 2.74. The fourth-order valence-electron chi connectivity index (χ4n) is 2.85. The minimum Gasteiger partial charge on any atom is -0.444 e. The zero-order valence-corrected chi connectivity index (χ0v) is 25.7. The van der Waals surface area contributed by atoms with Gasteiger partial charge < -0.3 is 19.4 Å². The van der Waals surface area contributed by atoms with Gasteiger partial charge in [-0.2, -0.15) is 0 Å². The monoisotopic (exact) mass is 597 g/mol. The van der Waals surface area contributed by atoms with Crippen LogP contribution in [0.1, 0.15) is 57.6 Å². The lowest BCUT2D eigenvalue weighted by Crippen LogP contribution is -2.44. The molecular formula is C26H37BrClN3O4Si. The molecule has 7 nitrogen and oxygen atoms in total. The fraction of sp³-hybridized carbons (Fsp3) is 0.500. The van der Waals surface area contributed by atoms with Crippen molar-refractivity contribution in [2.75, 3.05) is 18.5 Å². The number of nitrogens with one attached hydrogen (secondary N) is 1. The molecule has 1 N–H and O–H groups in total. The normalized spacial score (nSPS) is 12.3. The Morgan fingerprint density at radius 1 is 1.11 bits per heavy atom. The van der Waals surface area contributed by atoms with Gasteiger partial charge in [0.2, 0.25) is 0 Å². The van der Waals surface area contributed by atoms with E-state index in [-0.39, 0.29) is 23.2 Å². The molecule has 1 heterocycles. The van der Waals surface area contributed by atoms with Crippen molar-refractivity contribution in [1.82, 2.24) is 9.88 Å². The Kier molecular flexibility index (Phi) is 10.2.